The number of hydrogen-bond acceptors (Lipinski definition) is 6. The summed E-state index contributed by atoms with van der Waals surface area (Å²) in [5, 5.41) is 3.35. The van der Waals surface area contributed by atoms with Gasteiger partial charge in [0.25, 0.3) is 5.91 Å². The summed E-state index contributed by atoms with van der Waals surface area (Å²) in [6, 6.07) is 9.30. The van der Waals surface area contributed by atoms with Crippen molar-refractivity contribution in [3.05, 3.63) is 57.7 Å². The van der Waals surface area contributed by atoms with Gasteiger partial charge in [-0.05, 0) is 41.6 Å². The number of carbonyl (C=O) groups excluding carboxylic acids is 1. The van der Waals surface area contributed by atoms with Crippen LogP contribution in [0.5, 0.6) is 0 Å². The minimum Gasteiger partial charge on any atom is -0.378 e. The monoisotopic (exact) mass is 432 g/mol. The Kier molecular flexibility index (Phi) is 6.15. The first-order valence-electron chi connectivity index (χ1n) is 9.86. The zero-order valence-electron chi connectivity index (χ0n) is 16.4. The van der Waals surface area contributed by atoms with Crippen LogP contribution in [0, 0.1) is 10.7 Å². The Balaban J connectivity index is 1.51. The van der Waals surface area contributed by atoms with Crippen LogP contribution in [0.1, 0.15) is 10.4 Å². The number of halogens is 2. The van der Waals surface area contributed by atoms with Crippen LogP contribution in [0.15, 0.2) is 41.6 Å². The smallest absolute Gasteiger partial charge is 0.256 e. The summed E-state index contributed by atoms with van der Waals surface area (Å²) in [7, 11) is 0. The van der Waals surface area contributed by atoms with Crippen LogP contribution in [0.2, 0.25) is 5.02 Å². The van der Waals surface area contributed by atoms with Gasteiger partial charge in [0.2, 0.25) is 0 Å². The lowest BCUT2D eigenvalue weighted by atomic mass is 10.1. The molecule has 4 rings (SSSR count). The maximum Gasteiger partial charge on any atom is 0.256 e. The van der Waals surface area contributed by atoms with E-state index in [1.54, 1.807) is 29.2 Å². The average Bonchev–Trinajstić information content (AvgIpc) is 2.79. The van der Waals surface area contributed by atoms with Crippen molar-refractivity contribution in [2.45, 2.75) is 0 Å². The number of nitroso groups, excluding NO2 is 1. The lowest BCUT2D eigenvalue weighted by Crippen LogP contribution is -2.49. The molecule has 2 heterocycles. The Hall–Kier alpha value is -2.71. The molecule has 0 spiro atoms. The van der Waals surface area contributed by atoms with Gasteiger partial charge in [-0.2, -0.15) is 0 Å². The van der Waals surface area contributed by atoms with Crippen molar-refractivity contribution in [2.75, 3.05) is 62.3 Å². The molecule has 1 amide bonds. The zero-order chi connectivity index (χ0) is 21.1. The van der Waals surface area contributed by atoms with Crippen LogP contribution in [-0.2, 0) is 4.74 Å². The Morgan fingerprint density at radius 3 is 2.27 bits per heavy atom. The maximum atomic E-state index is 13.3. The number of nitrogens with zero attached hydrogens (tertiary/aromatic N) is 4. The SMILES string of the molecule is O=Nc1ccc(N2CCOCC2)c(C(=O)N2CCN(c3ccc(F)cc3Cl)CC2)c1. The van der Waals surface area contributed by atoms with Crippen molar-refractivity contribution >= 4 is 34.6 Å². The molecular weight excluding hydrogens is 411 g/mol. The summed E-state index contributed by atoms with van der Waals surface area (Å²) < 4.78 is 18.7. The molecular formula is C21H22ClFN4O3. The van der Waals surface area contributed by atoms with Gasteiger partial charge in [0.15, 0.2) is 0 Å². The molecule has 0 aromatic heterocycles. The highest BCUT2D eigenvalue weighted by atomic mass is 35.5. The number of rotatable bonds is 4. The normalized spacial score (nSPS) is 17.2. The van der Waals surface area contributed by atoms with Gasteiger partial charge in [-0.15, -0.1) is 4.91 Å². The molecule has 0 radical (unpaired) electrons. The molecule has 2 aliphatic rings. The molecule has 0 N–H and O–H groups in total. The van der Waals surface area contributed by atoms with E-state index in [-0.39, 0.29) is 17.4 Å². The fraction of sp³-hybridized carbons (Fsp3) is 0.381. The van der Waals surface area contributed by atoms with Gasteiger partial charge in [0.1, 0.15) is 11.5 Å². The number of ether oxygens (including phenoxy) is 1. The topological polar surface area (TPSA) is 65.5 Å². The third-order valence-corrected chi connectivity index (χ3v) is 5.79. The predicted molar refractivity (Wildman–Crippen MR) is 114 cm³/mol. The van der Waals surface area contributed by atoms with E-state index in [1.807, 2.05) is 4.90 Å². The number of anilines is 2. The number of carbonyl (C=O) groups is 1. The number of piperazine rings is 1. The van der Waals surface area contributed by atoms with Gasteiger partial charge in [0, 0.05) is 45.0 Å². The predicted octanol–water partition coefficient (Wildman–Crippen LogP) is 3.68. The molecule has 30 heavy (non-hydrogen) atoms. The Bertz CT molecular complexity index is 944. The molecule has 2 saturated heterocycles. The second kappa shape index (κ2) is 8.97. The highest BCUT2D eigenvalue weighted by molar-refractivity contribution is 6.33. The minimum atomic E-state index is -0.378. The van der Waals surface area contributed by atoms with Crippen molar-refractivity contribution in [3.8, 4) is 0 Å². The summed E-state index contributed by atoms with van der Waals surface area (Å²) in [6.07, 6.45) is 0. The van der Waals surface area contributed by atoms with Crippen LogP contribution in [0.3, 0.4) is 0 Å². The molecule has 9 heteroatoms. The van der Waals surface area contributed by atoms with Crippen LogP contribution >= 0.6 is 11.6 Å². The van der Waals surface area contributed by atoms with E-state index >= 15 is 0 Å². The van der Waals surface area contributed by atoms with Crippen LogP contribution in [0.25, 0.3) is 0 Å². The molecule has 158 valence electrons. The first-order chi connectivity index (χ1) is 14.6. The summed E-state index contributed by atoms with van der Waals surface area (Å²) in [4.78, 5) is 30.3. The molecule has 7 nitrogen and oxygen atoms in total. The fourth-order valence-corrected chi connectivity index (χ4v) is 4.18. The molecule has 0 aliphatic carbocycles. The number of hydrogen-bond donors (Lipinski definition) is 0. The Labute approximate surface area is 178 Å². The van der Waals surface area contributed by atoms with E-state index in [4.69, 9.17) is 16.3 Å². The molecule has 2 fully saturated rings. The van der Waals surface area contributed by atoms with E-state index in [0.717, 1.165) is 11.4 Å². The second-order valence-corrected chi connectivity index (χ2v) is 7.67. The van der Waals surface area contributed by atoms with Gasteiger partial charge in [-0.1, -0.05) is 11.6 Å². The van der Waals surface area contributed by atoms with Crippen molar-refractivity contribution in [1.82, 2.24) is 4.90 Å². The summed E-state index contributed by atoms with van der Waals surface area (Å²) in [5.41, 5.74) is 2.25. The number of morpholine rings is 1. The number of amides is 1. The van der Waals surface area contributed by atoms with Crippen molar-refractivity contribution in [1.29, 1.82) is 0 Å². The van der Waals surface area contributed by atoms with Crippen molar-refractivity contribution in [2.24, 2.45) is 5.18 Å². The average molecular weight is 433 g/mol. The lowest BCUT2D eigenvalue weighted by molar-refractivity contribution is 0.0746. The minimum absolute atomic E-state index is 0.133. The number of benzene rings is 2. The molecule has 0 unspecified atom stereocenters. The Morgan fingerprint density at radius 1 is 0.933 bits per heavy atom. The lowest BCUT2D eigenvalue weighted by Gasteiger charge is -2.37. The van der Waals surface area contributed by atoms with E-state index in [9.17, 15) is 14.1 Å². The van der Waals surface area contributed by atoms with Gasteiger partial charge in [0.05, 0.1) is 29.5 Å². The highest BCUT2D eigenvalue weighted by Crippen LogP contribution is 2.30. The highest BCUT2D eigenvalue weighted by Gasteiger charge is 2.27. The van der Waals surface area contributed by atoms with Gasteiger partial charge in [-0.3, -0.25) is 4.79 Å². The molecule has 2 aromatic rings. The van der Waals surface area contributed by atoms with Gasteiger partial charge < -0.3 is 19.4 Å². The standard InChI is InChI=1S/C21H22ClFN4O3/c22-18-13-15(23)1-3-20(18)25-5-7-27(8-6-25)21(28)17-14-16(24-29)2-4-19(17)26-9-11-30-12-10-26/h1-4,13-14H,5-12H2. The zero-order valence-corrected chi connectivity index (χ0v) is 17.1. The van der Waals surface area contributed by atoms with Crippen molar-refractivity contribution in [3.63, 3.8) is 0 Å². The molecule has 2 aromatic carbocycles. The second-order valence-electron chi connectivity index (χ2n) is 7.27. The van der Waals surface area contributed by atoms with E-state index < -0.39 is 0 Å². The third-order valence-electron chi connectivity index (χ3n) is 5.49. The van der Waals surface area contributed by atoms with Crippen molar-refractivity contribution < 1.29 is 13.9 Å². The van der Waals surface area contributed by atoms with Crippen LogP contribution in [0.4, 0.5) is 21.5 Å². The van der Waals surface area contributed by atoms with Crippen LogP contribution < -0.4 is 9.80 Å². The third kappa shape index (κ3) is 4.24. The van der Waals surface area contributed by atoms with E-state index in [1.165, 1.54) is 12.1 Å². The Morgan fingerprint density at radius 2 is 1.60 bits per heavy atom. The summed E-state index contributed by atoms with van der Waals surface area (Å²) >= 11 is 6.18. The van der Waals surface area contributed by atoms with Gasteiger partial charge >= 0.3 is 0 Å². The summed E-state index contributed by atoms with van der Waals surface area (Å²) in [5.74, 6) is -0.510. The first kappa shape index (κ1) is 20.6. The fourth-order valence-electron chi connectivity index (χ4n) is 3.89. The van der Waals surface area contributed by atoms with E-state index in [0.29, 0.717) is 63.1 Å². The molecule has 2 aliphatic heterocycles. The first-order valence-corrected chi connectivity index (χ1v) is 10.2. The molecule has 0 atom stereocenters. The molecule has 0 saturated carbocycles. The maximum absolute atomic E-state index is 13.3. The molecule has 0 bridgehead atoms. The quantitative estimate of drug-likeness (QED) is 0.689. The largest absolute Gasteiger partial charge is 0.378 e. The van der Waals surface area contributed by atoms with Crippen LogP contribution in [-0.4, -0.2) is 63.3 Å². The van der Waals surface area contributed by atoms with Gasteiger partial charge in [-0.25, -0.2) is 4.39 Å². The summed E-state index contributed by atoms with van der Waals surface area (Å²) in [6.45, 7) is 4.71. The van der Waals surface area contributed by atoms with E-state index in [2.05, 4.69) is 10.1 Å².